The van der Waals surface area contributed by atoms with Crippen LogP contribution in [0.4, 0.5) is 4.79 Å². The van der Waals surface area contributed by atoms with Crippen LogP contribution in [0.25, 0.3) is 0 Å². The molecule has 5 heteroatoms. The molecule has 2 saturated heterocycles. The highest BCUT2D eigenvalue weighted by atomic mass is 16.6. The summed E-state index contributed by atoms with van der Waals surface area (Å²) < 4.78 is 5.38. The van der Waals surface area contributed by atoms with Crippen molar-refractivity contribution in [2.24, 2.45) is 0 Å². The van der Waals surface area contributed by atoms with E-state index in [9.17, 15) is 9.59 Å². The van der Waals surface area contributed by atoms with E-state index in [1.165, 1.54) is 0 Å². The highest BCUT2D eigenvalue weighted by molar-refractivity contribution is 5.85. The second-order valence-electron chi connectivity index (χ2n) is 5.92. The number of ether oxygens (including phenoxy) is 1. The number of piperidine rings is 1. The molecule has 0 N–H and O–H groups in total. The van der Waals surface area contributed by atoms with Crippen LogP contribution in [0, 0.1) is 0 Å². The molecule has 0 saturated carbocycles. The van der Waals surface area contributed by atoms with Gasteiger partial charge in [0.1, 0.15) is 6.61 Å². The predicted molar refractivity (Wildman–Crippen MR) is 77.6 cm³/mol. The van der Waals surface area contributed by atoms with Crippen molar-refractivity contribution < 1.29 is 14.3 Å². The summed E-state index contributed by atoms with van der Waals surface area (Å²) in [5.74, 6) is 0.162. The third-order valence-corrected chi connectivity index (χ3v) is 4.58. The molecule has 1 unspecified atom stereocenters. The molecule has 0 radical (unpaired) electrons. The number of amides is 2. The minimum absolute atomic E-state index is 0.152. The molecule has 1 spiro atoms. The minimum atomic E-state index is -0.286. The average molecular weight is 288 g/mol. The van der Waals surface area contributed by atoms with Crippen LogP contribution in [0.3, 0.4) is 0 Å². The van der Waals surface area contributed by atoms with Gasteiger partial charge in [0, 0.05) is 20.1 Å². The molecule has 112 valence electrons. The number of likely N-dealkylation sites (tertiary alicyclic amines) is 2. The number of hydrogen-bond donors (Lipinski definition) is 0. The fourth-order valence-corrected chi connectivity index (χ4v) is 3.19. The molecule has 1 aromatic rings. The third-order valence-electron chi connectivity index (χ3n) is 4.58. The Morgan fingerprint density at radius 1 is 1.33 bits per heavy atom. The SMILES string of the molecule is CN1C(=O)CC12CCCN(C(=O)OCc1ccccc1)C2. The molecular weight excluding hydrogens is 268 g/mol. The lowest BCUT2D eigenvalue weighted by molar-refractivity contribution is -0.158. The van der Waals surface area contributed by atoms with E-state index in [1.807, 2.05) is 37.4 Å². The van der Waals surface area contributed by atoms with Crippen LogP contribution in [-0.2, 0) is 16.1 Å². The number of nitrogens with zero attached hydrogens (tertiary/aromatic N) is 2. The predicted octanol–water partition coefficient (Wildman–Crippen LogP) is 2.02. The van der Waals surface area contributed by atoms with Crippen molar-refractivity contribution >= 4 is 12.0 Å². The van der Waals surface area contributed by atoms with Gasteiger partial charge >= 0.3 is 6.09 Å². The summed E-state index contributed by atoms with van der Waals surface area (Å²) >= 11 is 0. The topological polar surface area (TPSA) is 49.9 Å². The smallest absolute Gasteiger partial charge is 0.410 e. The van der Waals surface area contributed by atoms with E-state index in [0.717, 1.165) is 18.4 Å². The first kappa shape index (κ1) is 13.9. The Hall–Kier alpha value is -2.04. The molecule has 2 aliphatic heterocycles. The number of benzene rings is 1. The highest BCUT2D eigenvalue weighted by Gasteiger charge is 2.51. The van der Waals surface area contributed by atoms with Crippen LogP contribution in [0.15, 0.2) is 30.3 Å². The van der Waals surface area contributed by atoms with Crippen LogP contribution in [0.1, 0.15) is 24.8 Å². The molecule has 2 amide bonds. The van der Waals surface area contributed by atoms with Crippen molar-refractivity contribution in [1.29, 1.82) is 0 Å². The van der Waals surface area contributed by atoms with Gasteiger partial charge in [0.15, 0.2) is 0 Å². The summed E-state index contributed by atoms with van der Waals surface area (Å²) in [5.41, 5.74) is 0.828. The summed E-state index contributed by atoms with van der Waals surface area (Å²) in [6.07, 6.45) is 2.15. The van der Waals surface area contributed by atoms with Crippen LogP contribution < -0.4 is 0 Å². The van der Waals surface area contributed by atoms with Gasteiger partial charge in [0.2, 0.25) is 5.91 Å². The summed E-state index contributed by atoms with van der Waals surface area (Å²) in [6.45, 7) is 1.58. The lowest BCUT2D eigenvalue weighted by Gasteiger charge is -2.54. The Kier molecular flexibility index (Phi) is 3.57. The Bertz CT molecular complexity index is 546. The zero-order valence-electron chi connectivity index (χ0n) is 12.2. The van der Waals surface area contributed by atoms with Gasteiger partial charge in [-0.25, -0.2) is 4.79 Å². The third kappa shape index (κ3) is 2.60. The minimum Gasteiger partial charge on any atom is -0.445 e. The van der Waals surface area contributed by atoms with E-state index in [1.54, 1.807) is 9.80 Å². The number of hydrogen-bond acceptors (Lipinski definition) is 3. The maximum atomic E-state index is 12.2. The number of likely N-dealkylation sites (N-methyl/N-ethyl adjacent to an activating group) is 1. The van der Waals surface area contributed by atoms with Crippen molar-refractivity contribution in [3.8, 4) is 0 Å². The maximum Gasteiger partial charge on any atom is 0.410 e. The van der Waals surface area contributed by atoms with E-state index in [0.29, 0.717) is 19.5 Å². The van der Waals surface area contributed by atoms with E-state index >= 15 is 0 Å². The zero-order valence-corrected chi connectivity index (χ0v) is 12.2. The molecule has 0 aromatic heterocycles. The largest absolute Gasteiger partial charge is 0.445 e. The summed E-state index contributed by atoms with van der Waals surface area (Å²) in [7, 11) is 1.82. The lowest BCUT2D eigenvalue weighted by Crippen LogP contribution is -2.68. The molecule has 21 heavy (non-hydrogen) atoms. The van der Waals surface area contributed by atoms with Crippen molar-refractivity contribution in [2.75, 3.05) is 20.1 Å². The average Bonchev–Trinajstić information content (AvgIpc) is 2.53. The van der Waals surface area contributed by atoms with Gasteiger partial charge in [-0.15, -0.1) is 0 Å². The lowest BCUT2D eigenvalue weighted by atomic mass is 9.78. The first-order valence-corrected chi connectivity index (χ1v) is 7.33. The van der Waals surface area contributed by atoms with E-state index in [2.05, 4.69) is 0 Å². The number of rotatable bonds is 2. The monoisotopic (exact) mass is 288 g/mol. The van der Waals surface area contributed by atoms with Crippen molar-refractivity contribution in [2.45, 2.75) is 31.4 Å². The van der Waals surface area contributed by atoms with E-state index in [4.69, 9.17) is 4.74 Å². The fraction of sp³-hybridized carbons (Fsp3) is 0.500. The molecule has 0 aliphatic carbocycles. The fourth-order valence-electron chi connectivity index (χ4n) is 3.19. The summed E-state index contributed by atoms with van der Waals surface area (Å²) in [6, 6.07) is 9.65. The Morgan fingerprint density at radius 3 is 2.76 bits per heavy atom. The molecular formula is C16H20N2O3. The van der Waals surface area contributed by atoms with Gasteiger partial charge in [-0.3, -0.25) is 4.79 Å². The van der Waals surface area contributed by atoms with Gasteiger partial charge in [-0.2, -0.15) is 0 Å². The molecule has 0 bridgehead atoms. The van der Waals surface area contributed by atoms with Gasteiger partial charge < -0.3 is 14.5 Å². The van der Waals surface area contributed by atoms with Crippen LogP contribution in [0.5, 0.6) is 0 Å². The zero-order chi connectivity index (χ0) is 14.9. The molecule has 3 rings (SSSR count). The highest BCUT2D eigenvalue weighted by Crippen LogP contribution is 2.38. The van der Waals surface area contributed by atoms with Crippen molar-refractivity contribution in [3.63, 3.8) is 0 Å². The van der Waals surface area contributed by atoms with Crippen molar-refractivity contribution in [1.82, 2.24) is 9.80 Å². The standard InChI is InChI=1S/C16H20N2O3/c1-17-14(19)10-16(17)8-5-9-18(12-16)15(20)21-11-13-6-3-2-4-7-13/h2-4,6-7H,5,8-12H2,1H3. The van der Waals surface area contributed by atoms with Crippen molar-refractivity contribution in [3.05, 3.63) is 35.9 Å². The number of carbonyl (C=O) groups excluding carboxylic acids is 2. The number of carbonyl (C=O) groups is 2. The van der Waals surface area contributed by atoms with Gasteiger partial charge in [0.05, 0.1) is 12.0 Å². The number of β-lactam (4-membered cyclic amide) rings is 1. The molecule has 2 fully saturated rings. The Labute approximate surface area is 124 Å². The van der Waals surface area contributed by atoms with Gasteiger partial charge in [-0.05, 0) is 18.4 Å². The molecule has 1 atom stereocenters. The molecule has 2 heterocycles. The first-order valence-electron chi connectivity index (χ1n) is 7.33. The van der Waals surface area contributed by atoms with Crippen LogP contribution in [-0.4, -0.2) is 47.5 Å². The molecule has 1 aromatic carbocycles. The van der Waals surface area contributed by atoms with E-state index in [-0.39, 0.29) is 24.1 Å². The van der Waals surface area contributed by atoms with E-state index < -0.39 is 0 Å². The summed E-state index contributed by atoms with van der Waals surface area (Å²) in [5, 5.41) is 0. The molecule has 5 nitrogen and oxygen atoms in total. The normalized spacial score (nSPS) is 24.9. The summed E-state index contributed by atoms with van der Waals surface area (Å²) in [4.78, 5) is 27.2. The maximum absolute atomic E-state index is 12.2. The first-order chi connectivity index (χ1) is 10.1. The quantitative estimate of drug-likeness (QED) is 0.782. The van der Waals surface area contributed by atoms with Gasteiger partial charge in [0.25, 0.3) is 0 Å². The second kappa shape index (κ2) is 5.39. The van der Waals surface area contributed by atoms with Crippen LogP contribution >= 0.6 is 0 Å². The Balaban J connectivity index is 1.56. The second-order valence-corrected chi connectivity index (χ2v) is 5.92. The molecule has 2 aliphatic rings. The Morgan fingerprint density at radius 2 is 2.10 bits per heavy atom. The van der Waals surface area contributed by atoms with Gasteiger partial charge in [-0.1, -0.05) is 30.3 Å². The van der Waals surface area contributed by atoms with Crippen LogP contribution in [0.2, 0.25) is 0 Å².